The molecule has 0 unspecified atom stereocenters. The molecule has 0 aliphatic carbocycles. The van der Waals surface area contributed by atoms with Gasteiger partial charge in [-0.3, -0.25) is 0 Å². The lowest BCUT2D eigenvalue weighted by molar-refractivity contribution is 0.313. The first-order valence-corrected chi connectivity index (χ1v) is 12.2. The molecule has 0 amide bonds. The third kappa shape index (κ3) is 4.14. The van der Waals surface area contributed by atoms with Crippen molar-refractivity contribution in [3.05, 3.63) is 52.3 Å². The summed E-state index contributed by atoms with van der Waals surface area (Å²) in [4.78, 5) is 6.93. The zero-order valence-electron chi connectivity index (χ0n) is 19.1. The van der Waals surface area contributed by atoms with Crippen LogP contribution in [0.3, 0.4) is 0 Å². The molecule has 176 valence electrons. The minimum atomic E-state index is -0.444. The van der Waals surface area contributed by atoms with Crippen molar-refractivity contribution in [3.8, 4) is 33.3 Å². The topological polar surface area (TPSA) is 104 Å². The van der Waals surface area contributed by atoms with Gasteiger partial charge in [0.15, 0.2) is 11.6 Å². The largest absolute Gasteiger partial charge is 0.493 e. The van der Waals surface area contributed by atoms with Gasteiger partial charge in [0.1, 0.15) is 17.3 Å². The number of pyridine rings is 1. The van der Waals surface area contributed by atoms with Gasteiger partial charge in [-0.15, -0.1) is 16.4 Å². The summed E-state index contributed by atoms with van der Waals surface area (Å²) < 4.78 is 22.3. The molecule has 5 rings (SSSR count). The Hall–Kier alpha value is -3.37. The first-order chi connectivity index (χ1) is 16.6. The van der Waals surface area contributed by atoms with Crippen LogP contribution in [0.25, 0.3) is 27.5 Å². The quantitative estimate of drug-likeness (QED) is 0.431. The third-order valence-corrected chi connectivity index (χ3v) is 7.20. The highest BCUT2D eigenvalue weighted by Crippen LogP contribution is 2.36. The molecule has 4 heterocycles. The molecule has 3 aromatic heterocycles. The first-order valence-electron chi connectivity index (χ1n) is 11.4. The summed E-state index contributed by atoms with van der Waals surface area (Å²) in [5.41, 5.74) is 9.72. The van der Waals surface area contributed by atoms with Crippen molar-refractivity contribution in [1.29, 1.82) is 0 Å². The summed E-state index contributed by atoms with van der Waals surface area (Å²) in [6.45, 7) is 6.18. The summed E-state index contributed by atoms with van der Waals surface area (Å²) in [6.07, 6.45) is 4.63. The van der Waals surface area contributed by atoms with Crippen LogP contribution >= 0.6 is 11.3 Å². The fourth-order valence-electron chi connectivity index (χ4n) is 4.07. The number of hydrogen-bond donors (Lipinski definition) is 2. The van der Waals surface area contributed by atoms with Crippen LogP contribution in [0.1, 0.15) is 29.3 Å². The number of thiophene rings is 1. The molecule has 10 heteroatoms. The van der Waals surface area contributed by atoms with Crippen molar-refractivity contribution in [2.24, 2.45) is 0 Å². The average molecular weight is 480 g/mol. The SMILES string of the molecule is CCCOc1ccc(-n2nnnc2-c2cc(-c3cc4c(s3)CCNCC4)cnc2N)c(F)c1C. The molecule has 1 aliphatic heterocycles. The zero-order valence-corrected chi connectivity index (χ0v) is 20.0. The maximum absolute atomic E-state index is 15.3. The number of benzene rings is 1. The Morgan fingerprint density at radius 3 is 2.94 bits per heavy atom. The highest BCUT2D eigenvalue weighted by atomic mass is 32.1. The third-order valence-electron chi connectivity index (χ3n) is 5.92. The lowest BCUT2D eigenvalue weighted by Gasteiger charge is -2.13. The lowest BCUT2D eigenvalue weighted by atomic mass is 10.1. The summed E-state index contributed by atoms with van der Waals surface area (Å²) in [5.74, 6) is 0.672. The van der Waals surface area contributed by atoms with Gasteiger partial charge in [0.2, 0.25) is 0 Å². The highest BCUT2D eigenvalue weighted by Gasteiger charge is 2.21. The predicted octanol–water partition coefficient (Wildman–Crippen LogP) is 3.96. The van der Waals surface area contributed by atoms with Gasteiger partial charge in [-0.1, -0.05) is 6.92 Å². The van der Waals surface area contributed by atoms with Crippen LogP contribution in [0.5, 0.6) is 5.75 Å². The van der Waals surface area contributed by atoms with Crippen LogP contribution in [-0.2, 0) is 12.8 Å². The number of nitrogens with one attached hydrogen (secondary N) is 1. The van der Waals surface area contributed by atoms with Crippen LogP contribution in [0.2, 0.25) is 0 Å². The molecule has 4 aromatic rings. The fourth-order valence-corrected chi connectivity index (χ4v) is 5.27. The Bertz CT molecular complexity index is 1310. The van der Waals surface area contributed by atoms with E-state index in [1.807, 2.05) is 13.0 Å². The number of nitrogen functional groups attached to an aromatic ring is 1. The molecule has 34 heavy (non-hydrogen) atoms. The fraction of sp³-hybridized carbons (Fsp3) is 0.333. The molecule has 8 nitrogen and oxygen atoms in total. The number of aromatic nitrogens is 5. The van der Waals surface area contributed by atoms with E-state index in [-0.39, 0.29) is 11.5 Å². The standard InChI is InChI=1S/C24H26FN7OS/c1-3-10-33-19-5-4-18(22(25)14(19)2)32-24(29-30-31-32)17-11-16(13-28-23(17)26)21-12-15-6-8-27-9-7-20(15)34-21/h4-5,11-13,27H,3,6-10H2,1-2H3,(H2,26,28). The highest BCUT2D eigenvalue weighted by molar-refractivity contribution is 7.15. The van der Waals surface area contributed by atoms with Gasteiger partial charge < -0.3 is 15.8 Å². The second-order valence-corrected chi connectivity index (χ2v) is 9.39. The number of hydrogen-bond acceptors (Lipinski definition) is 8. The number of tetrazole rings is 1. The van der Waals surface area contributed by atoms with Crippen LogP contribution < -0.4 is 15.8 Å². The summed E-state index contributed by atoms with van der Waals surface area (Å²) in [5, 5.41) is 15.4. The smallest absolute Gasteiger partial charge is 0.190 e. The molecule has 0 spiro atoms. The van der Waals surface area contributed by atoms with Gasteiger partial charge >= 0.3 is 0 Å². The number of fused-ring (bicyclic) bond motifs is 1. The molecular formula is C24H26FN7OS. The summed E-state index contributed by atoms with van der Waals surface area (Å²) >= 11 is 1.77. The van der Waals surface area contributed by atoms with E-state index in [0.29, 0.717) is 29.3 Å². The summed E-state index contributed by atoms with van der Waals surface area (Å²) in [6, 6.07) is 7.51. The average Bonchev–Trinajstić information content (AvgIpc) is 3.42. The second kappa shape index (κ2) is 9.47. The molecule has 0 fully saturated rings. The van der Waals surface area contributed by atoms with Crippen LogP contribution in [0.4, 0.5) is 10.2 Å². The number of nitrogens with two attached hydrogens (primary N) is 1. The molecule has 0 atom stereocenters. The van der Waals surface area contributed by atoms with E-state index in [0.717, 1.165) is 42.8 Å². The van der Waals surface area contributed by atoms with E-state index >= 15 is 4.39 Å². The number of nitrogens with zero attached hydrogens (tertiary/aromatic N) is 5. The van der Waals surface area contributed by atoms with Crippen molar-refractivity contribution in [2.75, 3.05) is 25.4 Å². The Morgan fingerprint density at radius 2 is 2.09 bits per heavy atom. The van der Waals surface area contributed by atoms with Gasteiger partial charge in [-0.2, -0.15) is 4.68 Å². The molecule has 0 bridgehead atoms. The van der Waals surface area contributed by atoms with Crippen molar-refractivity contribution < 1.29 is 9.13 Å². The Labute approximate surface area is 201 Å². The number of rotatable bonds is 6. The van der Waals surface area contributed by atoms with Gasteiger partial charge in [0.25, 0.3) is 0 Å². The van der Waals surface area contributed by atoms with Crippen LogP contribution in [-0.4, -0.2) is 44.9 Å². The van der Waals surface area contributed by atoms with Gasteiger partial charge in [0, 0.05) is 27.1 Å². The van der Waals surface area contributed by atoms with Crippen LogP contribution in [0.15, 0.2) is 30.5 Å². The second-order valence-electron chi connectivity index (χ2n) is 8.25. The summed E-state index contributed by atoms with van der Waals surface area (Å²) in [7, 11) is 0. The van der Waals surface area contributed by atoms with Crippen molar-refractivity contribution in [1.82, 2.24) is 30.5 Å². The number of anilines is 1. The molecule has 0 radical (unpaired) electrons. The van der Waals surface area contributed by atoms with Crippen molar-refractivity contribution >= 4 is 17.2 Å². The van der Waals surface area contributed by atoms with Gasteiger partial charge in [-0.05, 0) is 79.5 Å². The molecule has 1 aliphatic rings. The Kier molecular flexibility index (Phi) is 6.25. The Morgan fingerprint density at radius 1 is 1.24 bits per heavy atom. The minimum absolute atomic E-state index is 0.224. The van der Waals surface area contributed by atoms with E-state index in [1.54, 1.807) is 36.6 Å². The molecule has 0 saturated heterocycles. The lowest BCUT2D eigenvalue weighted by Crippen LogP contribution is -2.16. The molecule has 3 N–H and O–H groups in total. The van der Waals surface area contributed by atoms with Crippen LogP contribution in [0, 0.1) is 12.7 Å². The molecule has 1 aromatic carbocycles. The van der Waals surface area contributed by atoms with E-state index in [1.165, 1.54) is 15.1 Å². The van der Waals surface area contributed by atoms with Crippen molar-refractivity contribution in [3.63, 3.8) is 0 Å². The van der Waals surface area contributed by atoms with E-state index in [2.05, 4.69) is 31.9 Å². The monoisotopic (exact) mass is 479 g/mol. The predicted molar refractivity (Wildman–Crippen MR) is 131 cm³/mol. The first kappa shape index (κ1) is 22.4. The maximum atomic E-state index is 15.3. The maximum Gasteiger partial charge on any atom is 0.190 e. The molecular weight excluding hydrogens is 453 g/mol. The number of halogens is 1. The zero-order chi connectivity index (χ0) is 23.7. The van der Waals surface area contributed by atoms with E-state index in [9.17, 15) is 0 Å². The van der Waals surface area contributed by atoms with Crippen molar-refractivity contribution in [2.45, 2.75) is 33.1 Å². The Balaban J connectivity index is 1.54. The normalized spacial score (nSPS) is 13.5. The van der Waals surface area contributed by atoms with Gasteiger partial charge in [0.05, 0.1) is 12.2 Å². The van der Waals surface area contributed by atoms with Gasteiger partial charge in [-0.25, -0.2) is 9.37 Å². The number of ether oxygens (including phenoxy) is 1. The molecule has 0 saturated carbocycles. The van der Waals surface area contributed by atoms with E-state index in [4.69, 9.17) is 10.5 Å². The minimum Gasteiger partial charge on any atom is -0.493 e. The van der Waals surface area contributed by atoms with E-state index < -0.39 is 5.82 Å².